The molecule has 3 aromatic carbocycles. The van der Waals surface area contributed by atoms with Crippen LogP contribution in [0.5, 0.6) is 11.5 Å². The number of carbonyl (C=O) groups excluding carboxylic acids is 3. The van der Waals surface area contributed by atoms with Crippen molar-refractivity contribution in [2.45, 2.75) is 32.9 Å². The summed E-state index contributed by atoms with van der Waals surface area (Å²) in [7, 11) is 3.21. The number of aliphatic hydroxyl groups excluding tert-OH is 1. The first-order valence-corrected chi connectivity index (χ1v) is 13.1. The number of hydrogen-bond donors (Lipinski definition) is 2. The molecule has 0 saturated heterocycles. The molecule has 1 heterocycles. The van der Waals surface area contributed by atoms with Crippen LogP contribution in [0, 0.1) is 5.92 Å². The Morgan fingerprint density at radius 2 is 1.97 bits per heavy atom. The van der Waals surface area contributed by atoms with Gasteiger partial charge in [-0.2, -0.15) is 0 Å². The van der Waals surface area contributed by atoms with Crippen molar-refractivity contribution >= 4 is 34.2 Å². The predicted octanol–water partition coefficient (Wildman–Crippen LogP) is 3.37. The zero-order chi connectivity index (χ0) is 28.1. The van der Waals surface area contributed by atoms with E-state index < -0.39 is 6.04 Å². The number of anilines is 1. The van der Waals surface area contributed by atoms with E-state index in [2.05, 4.69) is 5.32 Å². The van der Waals surface area contributed by atoms with Crippen LogP contribution in [0.4, 0.5) is 5.69 Å². The number of nitrogens with one attached hydrogen (secondary N) is 1. The second kappa shape index (κ2) is 12.2. The van der Waals surface area contributed by atoms with Crippen molar-refractivity contribution in [2.75, 3.05) is 38.8 Å². The highest BCUT2D eigenvalue weighted by atomic mass is 16.5. The van der Waals surface area contributed by atoms with Gasteiger partial charge in [-0.3, -0.25) is 14.4 Å². The molecule has 2 N–H and O–H groups in total. The molecule has 0 radical (unpaired) electrons. The summed E-state index contributed by atoms with van der Waals surface area (Å²) in [5.74, 6) is 0.227. The van der Waals surface area contributed by atoms with Gasteiger partial charge in [0.1, 0.15) is 24.1 Å². The van der Waals surface area contributed by atoms with Gasteiger partial charge in [0.25, 0.3) is 11.8 Å². The van der Waals surface area contributed by atoms with Gasteiger partial charge in [0.15, 0.2) is 0 Å². The fraction of sp³-hybridized carbons (Fsp3) is 0.367. The maximum absolute atomic E-state index is 13.9. The summed E-state index contributed by atoms with van der Waals surface area (Å²) >= 11 is 0. The Balaban J connectivity index is 1.75. The van der Waals surface area contributed by atoms with Crippen LogP contribution in [-0.2, 0) is 16.1 Å². The molecule has 0 aromatic heterocycles. The molecule has 4 rings (SSSR count). The van der Waals surface area contributed by atoms with E-state index in [-0.39, 0.29) is 49.9 Å². The summed E-state index contributed by atoms with van der Waals surface area (Å²) in [5.41, 5.74) is 1.85. The summed E-state index contributed by atoms with van der Waals surface area (Å²) in [4.78, 5) is 42.5. The number of amides is 3. The molecule has 0 saturated carbocycles. The van der Waals surface area contributed by atoms with E-state index in [1.807, 2.05) is 50.2 Å². The Morgan fingerprint density at radius 1 is 1.21 bits per heavy atom. The van der Waals surface area contributed by atoms with Crippen molar-refractivity contribution in [2.24, 2.45) is 5.92 Å². The van der Waals surface area contributed by atoms with Crippen LogP contribution in [0.3, 0.4) is 0 Å². The number of para-hydroxylation sites is 2. The van der Waals surface area contributed by atoms with E-state index in [0.717, 1.165) is 16.3 Å². The van der Waals surface area contributed by atoms with E-state index in [4.69, 9.17) is 9.47 Å². The number of carbonyl (C=O) groups is 3. The highest BCUT2D eigenvalue weighted by Crippen LogP contribution is 2.36. The maximum atomic E-state index is 13.9. The van der Waals surface area contributed by atoms with Crippen molar-refractivity contribution < 1.29 is 29.0 Å². The molecule has 1 aliphatic heterocycles. The molecule has 0 spiro atoms. The Kier molecular flexibility index (Phi) is 8.71. The molecule has 2 atom stereocenters. The molecule has 1 aliphatic rings. The van der Waals surface area contributed by atoms with Crippen molar-refractivity contribution in [1.29, 1.82) is 0 Å². The molecule has 3 amide bonds. The number of benzene rings is 3. The highest BCUT2D eigenvalue weighted by Gasteiger charge is 2.34. The molecule has 3 aromatic rings. The van der Waals surface area contributed by atoms with Gasteiger partial charge in [-0.1, -0.05) is 38.1 Å². The average Bonchev–Trinajstić information content (AvgIpc) is 3.08. The van der Waals surface area contributed by atoms with Crippen LogP contribution in [0.2, 0.25) is 0 Å². The molecule has 0 bridgehead atoms. The Hall–Kier alpha value is -4.11. The van der Waals surface area contributed by atoms with Crippen LogP contribution in [0.15, 0.2) is 54.6 Å². The van der Waals surface area contributed by atoms with Gasteiger partial charge in [0, 0.05) is 30.6 Å². The fourth-order valence-corrected chi connectivity index (χ4v) is 4.61. The van der Waals surface area contributed by atoms with Gasteiger partial charge in [-0.25, -0.2) is 0 Å². The lowest BCUT2D eigenvalue weighted by Gasteiger charge is -2.27. The second-order valence-corrected chi connectivity index (χ2v) is 9.71. The minimum atomic E-state index is -0.855. The first-order valence-electron chi connectivity index (χ1n) is 13.1. The van der Waals surface area contributed by atoms with Gasteiger partial charge in [0.05, 0.1) is 25.9 Å². The van der Waals surface area contributed by atoms with Gasteiger partial charge < -0.3 is 29.7 Å². The number of methoxy groups -OCH3 is 1. The zero-order valence-corrected chi connectivity index (χ0v) is 22.8. The van der Waals surface area contributed by atoms with Crippen molar-refractivity contribution in [1.82, 2.24) is 10.2 Å². The van der Waals surface area contributed by atoms with Gasteiger partial charge >= 0.3 is 0 Å². The number of nitrogens with zero attached hydrogens (tertiary/aromatic N) is 2. The smallest absolute Gasteiger partial charge is 0.253 e. The third-order valence-corrected chi connectivity index (χ3v) is 7.16. The largest absolute Gasteiger partial charge is 0.496 e. The van der Waals surface area contributed by atoms with E-state index in [9.17, 15) is 19.5 Å². The molecule has 206 valence electrons. The fourth-order valence-electron chi connectivity index (χ4n) is 4.61. The zero-order valence-electron chi connectivity index (χ0n) is 22.8. The van der Waals surface area contributed by atoms with E-state index in [0.29, 0.717) is 29.2 Å². The molecule has 0 unspecified atom stereocenters. The topological polar surface area (TPSA) is 108 Å². The standard InChI is InChI=1S/C30H35N3O6/c1-5-19(2)28(35)31-24-18-39-27-9-7-6-8-25(27)33(30(24)37)17-23-22-12-10-21(29(36)32(3)14-15-34)16-20(22)11-13-26(23)38-4/h6-13,16,19,24,34H,5,14-15,17-18H2,1-4H3,(H,31,35)/t19-,24+/m1/s1. The minimum Gasteiger partial charge on any atom is -0.496 e. The lowest BCUT2D eigenvalue weighted by molar-refractivity contribution is -0.130. The van der Waals surface area contributed by atoms with E-state index >= 15 is 0 Å². The van der Waals surface area contributed by atoms with E-state index in [1.54, 1.807) is 37.3 Å². The lowest BCUT2D eigenvalue weighted by atomic mass is 9.99. The SMILES string of the molecule is CC[C@@H](C)C(=O)N[C@H]1COc2ccccc2N(Cc2c(OC)ccc3cc(C(=O)N(C)CCO)ccc23)C1=O. The molecule has 0 aliphatic carbocycles. The first-order chi connectivity index (χ1) is 18.8. The molecular formula is C30H35N3O6. The number of fused-ring (bicyclic) bond motifs is 2. The number of hydrogen-bond acceptors (Lipinski definition) is 6. The maximum Gasteiger partial charge on any atom is 0.253 e. The normalized spacial score (nSPS) is 15.7. The predicted molar refractivity (Wildman–Crippen MR) is 149 cm³/mol. The number of likely N-dealkylation sites (N-methyl/N-ethyl adjacent to an activating group) is 1. The first kappa shape index (κ1) is 27.9. The molecule has 0 fully saturated rings. The van der Waals surface area contributed by atoms with Crippen molar-refractivity contribution in [3.8, 4) is 11.5 Å². The monoisotopic (exact) mass is 533 g/mol. The van der Waals surface area contributed by atoms with Crippen LogP contribution < -0.4 is 19.7 Å². The minimum absolute atomic E-state index is 0.0218. The Bertz CT molecular complexity index is 1370. The van der Waals surface area contributed by atoms with Crippen molar-refractivity contribution in [3.63, 3.8) is 0 Å². The van der Waals surface area contributed by atoms with E-state index in [1.165, 1.54) is 4.90 Å². The number of rotatable bonds is 9. The summed E-state index contributed by atoms with van der Waals surface area (Å²) in [6, 6.07) is 15.5. The van der Waals surface area contributed by atoms with Crippen LogP contribution in [0.25, 0.3) is 10.8 Å². The van der Waals surface area contributed by atoms with Crippen LogP contribution in [-0.4, -0.2) is 67.7 Å². The molecule has 9 nitrogen and oxygen atoms in total. The molecule has 39 heavy (non-hydrogen) atoms. The highest BCUT2D eigenvalue weighted by molar-refractivity contribution is 6.03. The van der Waals surface area contributed by atoms with Gasteiger partial charge in [-0.05, 0) is 47.5 Å². The number of aliphatic hydroxyl groups is 1. The van der Waals surface area contributed by atoms with Gasteiger partial charge in [-0.15, -0.1) is 0 Å². The Morgan fingerprint density at radius 3 is 2.69 bits per heavy atom. The quantitative estimate of drug-likeness (QED) is 0.437. The summed E-state index contributed by atoms with van der Waals surface area (Å²) in [6.45, 7) is 4.05. The third kappa shape index (κ3) is 5.83. The molecule has 9 heteroatoms. The third-order valence-electron chi connectivity index (χ3n) is 7.16. The second-order valence-electron chi connectivity index (χ2n) is 9.71. The summed E-state index contributed by atoms with van der Waals surface area (Å²) in [5, 5.41) is 13.7. The Labute approximate surface area is 228 Å². The lowest BCUT2D eigenvalue weighted by Crippen LogP contribution is -2.51. The van der Waals surface area contributed by atoms with Crippen LogP contribution in [0.1, 0.15) is 36.2 Å². The average molecular weight is 534 g/mol. The summed E-state index contributed by atoms with van der Waals surface area (Å²) < 4.78 is 11.7. The van der Waals surface area contributed by atoms with Gasteiger partial charge in [0.2, 0.25) is 5.91 Å². The summed E-state index contributed by atoms with van der Waals surface area (Å²) in [6.07, 6.45) is 0.658. The molecular weight excluding hydrogens is 498 g/mol. The number of ether oxygens (including phenoxy) is 2. The van der Waals surface area contributed by atoms with Crippen LogP contribution >= 0.6 is 0 Å². The van der Waals surface area contributed by atoms with Crippen molar-refractivity contribution in [3.05, 3.63) is 65.7 Å².